The quantitative estimate of drug-likeness (QED) is 0.663. The van der Waals surface area contributed by atoms with Crippen molar-refractivity contribution in [3.8, 4) is 6.07 Å². The Hall–Kier alpha value is -0.650. The lowest BCUT2D eigenvalue weighted by atomic mass is 9.61. The van der Waals surface area contributed by atoms with Gasteiger partial charge in [0, 0.05) is 0 Å². The van der Waals surface area contributed by atoms with Crippen molar-refractivity contribution in [2.75, 3.05) is 0 Å². The van der Waals surface area contributed by atoms with Gasteiger partial charge in [0.1, 0.15) is 18.3 Å². The molecule has 0 bridgehead atoms. The van der Waals surface area contributed by atoms with Crippen molar-refractivity contribution in [3.05, 3.63) is 0 Å². The van der Waals surface area contributed by atoms with E-state index in [2.05, 4.69) is 6.92 Å². The van der Waals surface area contributed by atoms with E-state index >= 15 is 0 Å². The van der Waals surface area contributed by atoms with Crippen molar-refractivity contribution in [2.24, 2.45) is 35.5 Å². The van der Waals surface area contributed by atoms with Crippen LogP contribution in [-0.2, 0) is 0 Å². The van der Waals surface area contributed by atoms with Gasteiger partial charge in [0.15, 0.2) is 0 Å². The maximum Gasteiger partial charge on any atom is 0.119 e. The predicted octanol–water partition coefficient (Wildman–Crippen LogP) is 5.06. The minimum atomic E-state index is -1.26. The van der Waals surface area contributed by atoms with Gasteiger partial charge in [0.05, 0.1) is 6.07 Å². The van der Waals surface area contributed by atoms with E-state index in [4.69, 9.17) is 5.26 Å². The molecule has 0 N–H and O–H groups in total. The zero-order valence-corrected chi connectivity index (χ0v) is 13.0. The number of fused-ring (bicyclic) bond motifs is 1. The first kappa shape index (κ1) is 15.3. The van der Waals surface area contributed by atoms with Crippen molar-refractivity contribution in [3.63, 3.8) is 0 Å². The summed E-state index contributed by atoms with van der Waals surface area (Å²) in [4.78, 5) is 0. The summed E-state index contributed by atoms with van der Waals surface area (Å²) in [5, 5.41) is 8.88. The van der Waals surface area contributed by atoms with E-state index < -0.39 is 18.3 Å². The zero-order valence-electron chi connectivity index (χ0n) is 13.0. The maximum atomic E-state index is 14.0. The minimum Gasteiger partial charge on any atom is -0.246 e. The van der Waals surface area contributed by atoms with Crippen LogP contribution in [-0.4, -0.2) is 12.3 Å². The molecule has 3 aliphatic rings. The largest absolute Gasteiger partial charge is 0.246 e. The van der Waals surface area contributed by atoms with Gasteiger partial charge in [-0.25, -0.2) is 8.78 Å². The van der Waals surface area contributed by atoms with Crippen LogP contribution >= 0.6 is 0 Å². The van der Waals surface area contributed by atoms with E-state index in [1.807, 2.05) is 6.07 Å². The molecule has 6 unspecified atom stereocenters. The summed E-state index contributed by atoms with van der Waals surface area (Å²) in [6.07, 6.45) is 5.89. The van der Waals surface area contributed by atoms with Crippen molar-refractivity contribution in [1.29, 1.82) is 5.26 Å². The molecule has 0 amide bonds. The van der Waals surface area contributed by atoms with Gasteiger partial charge in [-0.05, 0) is 74.5 Å². The van der Waals surface area contributed by atoms with E-state index in [-0.39, 0.29) is 5.92 Å². The summed E-state index contributed by atoms with van der Waals surface area (Å²) in [6, 6.07) is 1.83. The number of rotatable bonds is 1. The maximum absolute atomic E-state index is 14.0. The molecule has 118 valence electrons. The fourth-order valence-corrected chi connectivity index (χ4v) is 5.33. The number of nitrogens with zero attached hydrogens (tertiary/aromatic N) is 1. The van der Waals surface area contributed by atoms with Gasteiger partial charge in [-0.15, -0.1) is 0 Å². The first-order valence-electron chi connectivity index (χ1n) is 8.76. The summed E-state index contributed by atoms with van der Waals surface area (Å²) in [7, 11) is 0. The molecule has 0 spiro atoms. The Balaban J connectivity index is 1.60. The van der Waals surface area contributed by atoms with Crippen LogP contribution in [0.1, 0.15) is 58.3 Å². The van der Waals surface area contributed by atoms with Gasteiger partial charge < -0.3 is 0 Å². The van der Waals surface area contributed by atoms with Crippen LogP contribution < -0.4 is 0 Å². The molecule has 3 rings (SSSR count). The molecule has 0 aromatic rings. The third kappa shape index (κ3) is 3.10. The molecule has 1 nitrogen and oxygen atoms in total. The second kappa shape index (κ2) is 6.23. The lowest BCUT2D eigenvalue weighted by Gasteiger charge is -2.45. The van der Waals surface area contributed by atoms with Gasteiger partial charge in [0.2, 0.25) is 0 Å². The third-order valence-corrected chi connectivity index (χ3v) is 6.57. The Morgan fingerprint density at radius 2 is 1.29 bits per heavy atom. The Kier molecular flexibility index (Phi) is 4.52. The normalized spacial score (nSPS) is 51.0. The van der Waals surface area contributed by atoms with Gasteiger partial charge in [-0.2, -0.15) is 5.26 Å². The molecule has 3 fully saturated rings. The number of hydrogen-bond acceptors (Lipinski definition) is 1. The van der Waals surface area contributed by atoms with Gasteiger partial charge >= 0.3 is 0 Å². The number of nitriles is 1. The van der Waals surface area contributed by atoms with Crippen LogP contribution in [0.2, 0.25) is 0 Å². The molecular formula is C18H27F2N. The average Bonchev–Trinajstić information content (AvgIpc) is 2.46. The van der Waals surface area contributed by atoms with Crippen molar-refractivity contribution in [2.45, 2.75) is 70.6 Å². The number of alkyl halides is 2. The molecule has 0 heterocycles. The van der Waals surface area contributed by atoms with E-state index in [9.17, 15) is 8.78 Å². The minimum absolute atomic E-state index is 0.167. The van der Waals surface area contributed by atoms with E-state index in [1.165, 1.54) is 32.1 Å². The second-order valence-electron chi connectivity index (χ2n) is 7.93. The number of halogens is 2. The molecule has 3 saturated carbocycles. The highest BCUT2D eigenvalue weighted by atomic mass is 19.1. The van der Waals surface area contributed by atoms with E-state index in [1.54, 1.807) is 0 Å². The number of hydrogen-bond donors (Lipinski definition) is 0. The lowest BCUT2D eigenvalue weighted by molar-refractivity contribution is 0.0152. The molecule has 3 heteroatoms. The fraction of sp³-hybridized carbons (Fsp3) is 0.944. The topological polar surface area (TPSA) is 23.8 Å². The molecular weight excluding hydrogens is 268 g/mol. The zero-order chi connectivity index (χ0) is 15.0. The van der Waals surface area contributed by atoms with Crippen LogP contribution in [0.3, 0.4) is 0 Å². The summed E-state index contributed by atoms with van der Waals surface area (Å²) in [5.41, 5.74) is 0. The lowest BCUT2D eigenvalue weighted by Crippen LogP contribution is -2.40. The van der Waals surface area contributed by atoms with Crippen LogP contribution in [0.25, 0.3) is 0 Å². The summed E-state index contributed by atoms with van der Waals surface area (Å²) in [6.45, 7) is 2.35. The summed E-state index contributed by atoms with van der Waals surface area (Å²) in [5.74, 6) is 2.16. The predicted molar refractivity (Wildman–Crippen MR) is 79.0 cm³/mol. The molecule has 0 aliphatic heterocycles. The molecule has 0 saturated heterocycles. The summed E-state index contributed by atoms with van der Waals surface area (Å²) < 4.78 is 28.1. The molecule has 0 radical (unpaired) electrons. The average molecular weight is 295 g/mol. The SMILES string of the molecule is CC1CCC2CC(C3CC(F)C(C#N)C(F)C3)CCC2C1. The van der Waals surface area contributed by atoms with Crippen molar-refractivity contribution >= 4 is 0 Å². The van der Waals surface area contributed by atoms with Gasteiger partial charge in [-0.1, -0.05) is 13.3 Å². The monoisotopic (exact) mass is 295 g/mol. The molecule has 6 atom stereocenters. The van der Waals surface area contributed by atoms with Crippen molar-refractivity contribution in [1.82, 2.24) is 0 Å². The van der Waals surface area contributed by atoms with Crippen LogP contribution in [0.5, 0.6) is 0 Å². The highest BCUT2D eigenvalue weighted by Gasteiger charge is 2.44. The van der Waals surface area contributed by atoms with Crippen LogP contribution in [0.15, 0.2) is 0 Å². The Labute approximate surface area is 127 Å². The third-order valence-electron chi connectivity index (χ3n) is 6.57. The van der Waals surface area contributed by atoms with E-state index in [0.717, 1.165) is 24.2 Å². The Morgan fingerprint density at radius 3 is 1.90 bits per heavy atom. The van der Waals surface area contributed by atoms with Crippen LogP contribution in [0, 0.1) is 46.8 Å². The van der Waals surface area contributed by atoms with Crippen LogP contribution in [0.4, 0.5) is 8.78 Å². The second-order valence-corrected chi connectivity index (χ2v) is 7.93. The Morgan fingerprint density at radius 1 is 0.762 bits per heavy atom. The van der Waals surface area contributed by atoms with Gasteiger partial charge in [-0.3, -0.25) is 0 Å². The van der Waals surface area contributed by atoms with E-state index in [0.29, 0.717) is 18.8 Å². The molecule has 0 aromatic heterocycles. The van der Waals surface area contributed by atoms with Gasteiger partial charge in [0.25, 0.3) is 0 Å². The molecule has 21 heavy (non-hydrogen) atoms. The van der Waals surface area contributed by atoms with Crippen molar-refractivity contribution < 1.29 is 8.78 Å². The standard InChI is InChI=1S/C18H27F2N/c1-11-2-3-13-7-14(5-4-12(13)6-11)15-8-17(19)16(10-21)18(20)9-15/h11-18H,2-9H2,1H3. The first-order valence-corrected chi connectivity index (χ1v) is 8.76. The highest BCUT2D eigenvalue weighted by molar-refractivity contribution is 5.00. The first-order chi connectivity index (χ1) is 10.1. The smallest absolute Gasteiger partial charge is 0.119 e. The Bertz CT molecular complexity index is 393. The molecule has 0 aromatic carbocycles. The fourth-order valence-electron chi connectivity index (χ4n) is 5.33. The summed E-state index contributed by atoms with van der Waals surface area (Å²) >= 11 is 0. The highest BCUT2D eigenvalue weighted by Crippen LogP contribution is 2.49. The molecule has 3 aliphatic carbocycles.